The smallest absolute Gasteiger partial charge is 0.247 e. The Morgan fingerprint density at radius 3 is 2.12 bits per heavy atom. The number of hydrogen-bond donors (Lipinski definition) is 3. The van der Waals surface area contributed by atoms with Gasteiger partial charge in [-0.1, -0.05) is 72.2 Å². The number of hydrogen-bond acceptors (Lipinski definition) is 6. The maximum Gasteiger partial charge on any atom is 0.247 e. The third kappa shape index (κ3) is 12.3. The quantitative estimate of drug-likeness (QED) is 0.161. The number of rotatable bonds is 10. The summed E-state index contributed by atoms with van der Waals surface area (Å²) in [5, 5.41) is 10.7. The lowest BCUT2D eigenvalue weighted by atomic mass is 9.97. The Morgan fingerprint density at radius 1 is 1.05 bits per heavy atom. The van der Waals surface area contributed by atoms with E-state index in [1.165, 1.54) is 32.7 Å². The zero-order chi connectivity index (χ0) is 32.6. The van der Waals surface area contributed by atoms with Crippen LogP contribution in [0.5, 0.6) is 0 Å². The molecule has 8 heteroatoms. The number of carbonyl (C=O) groups excluding carboxylic acids is 1. The van der Waals surface area contributed by atoms with Gasteiger partial charge in [0.1, 0.15) is 5.82 Å². The number of anilines is 2. The van der Waals surface area contributed by atoms with Gasteiger partial charge in [-0.05, 0) is 66.5 Å². The van der Waals surface area contributed by atoms with Crippen LogP contribution in [0.25, 0.3) is 23.0 Å². The van der Waals surface area contributed by atoms with E-state index in [9.17, 15) is 13.6 Å². The Morgan fingerprint density at radius 2 is 1.65 bits per heavy atom. The van der Waals surface area contributed by atoms with Crippen LogP contribution in [0.4, 0.5) is 20.3 Å². The Bertz CT molecular complexity index is 1370. The van der Waals surface area contributed by atoms with E-state index < -0.39 is 5.92 Å². The highest BCUT2D eigenvalue weighted by atomic mass is 19.3. The summed E-state index contributed by atoms with van der Waals surface area (Å²) in [4.78, 5) is 21.3. The third-order valence-electron chi connectivity index (χ3n) is 6.33. The largest absolute Gasteiger partial charge is 0.404 e. The number of nitrogens with two attached hydrogens (primary N) is 1. The fourth-order valence-electron chi connectivity index (χ4n) is 3.68. The van der Waals surface area contributed by atoms with E-state index in [4.69, 9.17) is 11.1 Å². The van der Waals surface area contributed by atoms with E-state index in [1.807, 2.05) is 82.3 Å². The molecule has 6 nitrogen and oxygen atoms in total. The lowest BCUT2D eigenvalue weighted by Gasteiger charge is -2.10. The van der Waals surface area contributed by atoms with E-state index in [0.717, 1.165) is 33.5 Å². The molecule has 4 N–H and O–H groups in total. The van der Waals surface area contributed by atoms with Crippen molar-refractivity contribution in [3.05, 3.63) is 83.2 Å². The molecule has 0 amide bonds. The maximum absolute atomic E-state index is 12.2. The Kier molecular flexibility index (Phi) is 15.7. The van der Waals surface area contributed by atoms with Crippen LogP contribution in [0.3, 0.4) is 0 Å². The molecule has 0 unspecified atom stereocenters. The lowest BCUT2D eigenvalue weighted by molar-refractivity contribution is -0.118. The van der Waals surface area contributed by atoms with E-state index in [-0.39, 0.29) is 24.5 Å². The maximum atomic E-state index is 12.2. The van der Waals surface area contributed by atoms with Gasteiger partial charge in [0.2, 0.25) is 5.92 Å². The lowest BCUT2D eigenvalue weighted by Crippen LogP contribution is -2.10. The van der Waals surface area contributed by atoms with Gasteiger partial charge < -0.3 is 16.5 Å². The summed E-state index contributed by atoms with van der Waals surface area (Å²) >= 11 is 0. The van der Waals surface area contributed by atoms with Crippen LogP contribution in [0.2, 0.25) is 0 Å². The normalized spacial score (nSPS) is 11.6. The molecular formula is C35H47F2N5O. The number of nitrogens with one attached hydrogen (secondary N) is 2. The number of allylic oxidation sites excluding steroid dienone is 2. The molecule has 0 bridgehead atoms. The van der Waals surface area contributed by atoms with Crippen LogP contribution in [0.1, 0.15) is 84.4 Å². The van der Waals surface area contributed by atoms with Gasteiger partial charge in [0.25, 0.3) is 0 Å². The van der Waals surface area contributed by atoms with Gasteiger partial charge in [0.15, 0.2) is 11.6 Å². The minimum Gasteiger partial charge on any atom is -0.404 e. The Labute approximate surface area is 256 Å². The summed E-state index contributed by atoms with van der Waals surface area (Å²) in [5.41, 5.74) is 11.7. The van der Waals surface area contributed by atoms with Gasteiger partial charge in [-0.2, -0.15) is 0 Å². The number of benzene rings is 2. The summed E-state index contributed by atoms with van der Waals surface area (Å²) in [5.74, 6) is -0.991. The first-order valence-electron chi connectivity index (χ1n) is 14.7. The minimum absolute atomic E-state index is 0.0177. The monoisotopic (exact) mass is 591 g/mol. The number of nitrogens with zero attached hydrogens (tertiary/aromatic N) is 2. The summed E-state index contributed by atoms with van der Waals surface area (Å²) in [6, 6.07) is 15.4. The minimum atomic E-state index is -2.42. The molecule has 0 spiro atoms. The van der Waals surface area contributed by atoms with Gasteiger partial charge in [-0.25, -0.2) is 18.7 Å². The van der Waals surface area contributed by atoms with Crippen molar-refractivity contribution >= 4 is 35.2 Å². The molecule has 0 aliphatic carbocycles. The molecule has 0 radical (unpaired) electrons. The van der Waals surface area contributed by atoms with E-state index in [2.05, 4.69) is 29.1 Å². The SMILES string of the molecule is C/C(=C\c1ccc(-c2nccc(Nc3ccc(/C(C=N)=C/N)cc3)n2)cc1C)C(=O)C(C)C.CCC.CCC(F)(F)CC. The van der Waals surface area contributed by atoms with Gasteiger partial charge in [0.05, 0.1) is 0 Å². The van der Waals surface area contributed by atoms with Crippen molar-refractivity contribution in [2.24, 2.45) is 11.7 Å². The number of aryl methyl sites for hydroxylation is 1. The third-order valence-corrected chi connectivity index (χ3v) is 6.33. The highest BCUT2D eigenvalue weighted by Gasteiger charge is 2.21. The van der Waals surface area contributed by atoms with Crippen molar-refractivity contribution in [3.8, 4) is 11.4 Å². The van der Waals surface area contributed by atoms with Crippen LogP contribution >= 0.6 is 0 Å². The Hall–Kier alpha value is -4.20. The second-order valence-electron chi connectivity index (χ2n) is 10.4. The first kappa shape index (κ1) is 36.8. The van der Waals surface area contributed by atoms with E-state index in [0.29, 0.717) is 17.2 Å². The van der Waals surface area contributed by atoms with E-state index >= 15 is 0 Å². The van der Waals surface area contributed by atoms with Crippen molar-refractivity contribution in [3.63, 3.8) is 0 Å². The van der Waals surface area contributed by atoms with Crippen molar-refractivity contribution in [2.45, 2.75) is 80.6 Å². The van der Waals surface area contributed by atoms with Crippen LogP contribution in [0.15, 0.2) is 66.5 Å². The molecule has 1 aromatic heterocycles. The zero-order valence-corrected chi connectivity index (χ0v) is 26.8. The average molecular weight is 592 g/mol. The van der Waals surface area contributed by atoms with Crippen molar-refractivity contribution in [1.82, 2.24) is 9.97 Å². The topological polar surface area (TPSA) is 105 Å². The highest BCUT2D eigenvalue weighted by Crippen LogP contribution is 2.24. The van der Waals surface area contributed by atoms with Crippen molar-refractivity contribution in [1.29, 1.82) is 5.41 Å². The molecule has 0 atom stereocenters. The van der Waals surface area contributed by atoms with Crippen LogP contribution in [-0.4, -0.2) is 27.9 Å². The summed E-state index contributed by atoms with van der Waals surface area (Å²) < 4.78 is 23.8. The number of Topliss-reactive ketones (excluding diaryl/α,β-unsaturated/α-hetero) is 1. The molecule has 0 saturated carbocycles. The Balaban J connectivity index is 0.000000799. The molecule has 2 aromatic carbocycles. The van der Waals surface area contributed by atoms with Crippen molar-refractivity contribution < 1.29 is 13.6 Å². The summed E-state index contributed by atoms with van der Waals surface area (Å²) in [6.45, 7) is 14.9. The average Bonchev–Trinajstić information content (AvgIpc) is 3.00. The predicted octanol–water partition coefficient (Wildman–Crippen LogP) is 9.63. The number of carbonyl (C=O) groups is 1. The molecular weight excluding hydrogens is 544 g/mol. The molecule has 0 aliphatic heterocycles. The molecule has 0 aliphatic rings. The molecule has 3 aromatic rings. The summed E-state index contributed by atoms with van der Waals surface area (Å²) in [7, 11) is 0. The number of alkyl halides is 2. The standard InChI is InChI=1S/C27H29N5O.C5H10F2.C3H8/c1-17(2)26(33)19(4)14-21-5-6-22(13-18(21)3)27-30-12-11-25(32-27)31-24-9-7-20(8-10-24)23(15-28)16-29;1-3-5(6,7)4-2;1-3-2/h5-17,28H,29H2,1-4H3,(H,30,31,32);3-4H2,1-2H3;3H2,1-2H3/b19-14+,23-16+,28-15?;;. The van der Waals surface area contributed by atoms with Gasteiger partial charge in [-0.15, -0.1) is 0 Å². The predicted molar refractivity (Wildman–Crippen MR) is 178 cm³/mol. The summed E-state index contributed by atoms with van der Waals surface area (Å²) in [6.07, 6.45) is 7.48. The fraction of sp³-hybridized carbons (Fsp3) is 0.371. The molecule has 43 heavy (non-hydrogen) atoms. The van der Waals surface area contributed by atoms with Crippen molar-refractivity contribution in [2.75, 3.05) is 5.32 Å². The van der Waals surface area contributed by atoms with E-state index in [1.54, 1.807) is 6.20 Å². The fourth-order valence-corrected chi connectivity index (χ4v) is 3.68. The zero-order valence-electron chi connectivity index (χ0n) is 26.8. The first-order valence-corrected chi connectivity index (χ1v) is 14.7. The highest BCUT2D eigenvalue weighted by molar-refractivity contribution is 6.08. The number of aromatic nitrogens is 2. The number of ketones is 1. The van der Waals surface area contributed by atoms with Crippen LogP contribution in [0, 0.1) is 18.3 Å². The number of halogens is 2. The van der Waals surface area contributed by atoms with Gasteiger partial charge in [0, 0.05) is 54.2 Å². The second kappa shape index (κ2) is 18.4. The van der Waals surface area contributed by atoms with Crippen LogP contribution < -0.4 is 11.1 Å². The first-order chi connectivity index (χ1) is 20.4. The van der Waals surface area contributed by atoms with Gasteiger partial charge in [-0.3, -0.25) is 4.79 Å². The molecule has 3 rings (SSSR count). The molecule has 232 valence electrons. The molecule has 0 fully saturated rings. The van der Waals surface area contributed by atoms with Gasteiger partial charge >= 0.3 is 0 Å². The molecule has 1 heterocycles. The molecule has 0 saturated heterocycles. The second-order valence-corrected chi connectivity index (χ2v) is 10.4. The van der Waals surface area contributed by atoms with Crippen LogP contribution in [-0.2, 0) is 4.79 Å².